The van der Waals surface area contributed by atoms with Crippen molar-refractivity contribution in [3.63, 3.8) is 0 Å². The molecule has 1 heterocycles. The number of rotatable bonds is 9. The second-order valence-corrected chi connectivity index (χ2v) is 6.64. The zero-order valence-electron chi connectivity index (χ0n) is 15.5. The van der Waals surface area contributed by atoms with Gasteiger partial charge in [-0.15, -0.1) is 5.10 Å². The SMILES string of the molecule is COc1ccc(O)c(/C=N/Nc2nc(SCC(=O)OCc3ccccc3)n[nH]2)c1. The Balaban J connectivity index is 1.45. The van der Waals surface area contributed by atoms with Crippen LogP contribution in [0.3, 0.4) is 0 Å². The Hall–Kier alpha value is -3.53. The highest BCUT2D eigenvalue weighted by molar-refractivity contribution is 7.99. The number of aromatic nitrogens is 3. The Morgan fingerprint density at radius 2 is 2.14 bits per heavy atom. The van der Waals surface area contributed by atoms with Crippen LogP contribution in [0, 0.1) is 0 Å². The lowest BCUT2D eigenvalue weighted by Gasteiger charge is -2.03. The average molecular weight is 413 g/mol. The summed E-state index contributed by atoms with van der Waals surface area (Å²) in [5.41, 5.74) is 4.08. The molecule has 3 N–H and O–H groups in total. The van der Waals surface area contributed by atoms with Gasteiger partial charge >= 0.3 is 5.97 Å². The number of thioether (sulfide) groups is 1. The van der Waals surface area contributed by atoms with Gasteiger partial charge in [0.25, 0.3) is 0 Å². The molecule has 150 valence electrons. The Morgan fingerprint density at radius 1 is 1.31 bits per heavy atom. The topological polar surface area (TPSA) is 122 Å². The summed E-state index contributed by atoms with van der Waals surface area (Å²) in [6, 6.07) is 14.3. The summed E-state index contributed by atoms with van der Waals surface area (Å²) < 4.78 is 10.3. The van der Waals surface area contributed by atoms with Crippen molar-refractivity contribution in [3.05, 3.63) is 59.7 Å². The minimum absolute atomic E-state index is 0.0687. The number of hydrogen-bond acceptors (Lipinski definition) is 9. The van der Waals surface area contributed by atoms with E-state index in [1.54, 1.807) is 12.1 Å². The molecule has 0 radical (unpaired) electrons. The fourth-order valence-electron chi connectivity index (χ4n) is 2.19. The molecule has 0 atom stereocenters. The molecule has 29 heavy (non-hydrogen) atoms. The van der Waals surface area contributed by atoms with E-state index in [-0.39, 0.29) is 24.1 Å². The van der Waals surface area contributed by atoms with Crippen LogP contribution in [-0.2, 0) is 16.1 Å². The number of nitrogens with zero attached hydrogens (tertiary/aromatic N) is 3. The fraction of sp³-hybridized carbons (Fsp3) is 0.158. The van der Waals surface area contributed by atoms with Crippen molar-refractivity contribution < 1.29 is 19.4 Å². The molecular formula is C19H19N5O4S. The number of aromatic hydroxyl groups is 1. The zero-order valence-corrected chi connectivity index (χ0v) is 16.3. The molecule has 0 unspecified atom stereocenters. The predicted octanol–water partition coefficient (Wildman–Crippen LogP) is 2.80. The van der Waals surface area contributed by atoms with E-state index in [1.165, 1.54) is 19.4 Å². The number of aromatic amines is 1. The second-order valence-electron chi connectivity index (χ2n) is 5.70. The largest absolute Gasteiger partial charge is 0.507 e. The summed E-state index contributed by atoms with van der Waals surface area (Å²) in [6.45, 7) is 0.229. The summed E-state index contributed by atoms with van der Waals surface area (Å²) in [6.07, 6.45) is 1.42. The van der Waals surface area contributed by atoms with E-state index in [2.05, 4.69) is 25.7 Å². The van der Waals surface area contributed by atoms with E-state index in [0.717, 1.165) is 17.3 Å². The summed E-state index contributed by atoms with van der Waals surface area (Å²) in [4.78, 5) is 16.0. The maximum atomic E-state index is 11.8. The van der Waals surface area contributed by atoms with Gasteiger partial charge < -0.3 is 14.6 Å². The molecule has 0 saturated carbocycles. The van der Waals surface area contributed by atoms with Gasteiger partial charge in [0.2, 0.25) is 11.1 Å². The number of anilines is 1. The first-order chi connectivity index (χ1) is 14.1. The van der Waals surface area contributed by atoms with Gasteiger partial charge in [-0.25, -0.2) is 10.5 Å². The monoisotopic (exact) mass is 413 g/mol. The maximum Gasteiger partial charge on any atom is 0.316 e. The van der Waals surface area contributed by atoms with Gasteiger partial charge in [-0.3, -0.25) is 4.79 Å². The molecule has 0 saturated heterocycles. The number of hydrazone groups is 1. The Kier molecular flexibility index (Phi) is 7.06. The maximum absolute atomic E-state index is 11.8. The van der Waals surface area contributed by atoms with Crippen molar-refractivity contribution in [2.24, 2.45) is 5.10 Å². The lowest BCUT2D eigenvalue weighted by Crippen LogP contribution is -2.07. The molecule has 3 rings (SSSR count). The summed E-state index contributed by atoms with van der Waals surface area (Å²) in [5, 5.41) is 20.8. The third-order valence-corrected chi connectivity index (χ3v) is 4.46. The number of phenols is 1. The van der Waals surface area contributed by atoms with Crippen LogP contribution in [0.4, 0.5) is 5.95 Å². The standard InChI is InChI=1S/C19H19N5O4S/c1-27-15-7-8-16(25)14(9-15)10-20-22-18-21-19(24-23-18)29-12-17(26)28-11-13-5-3-2-4-6-13/h2-10,25H,11-12H2,1H3,(H2,21,22,23,24)/b20-10+. The summed E-state index contributed by atoms with van der Waals surface area (Å²) in [7, 11) is 1.54. The predicted molar refractivity (Wildman–Crippen MR) is 109 cm³/mol. The van der Waals surface area contributed by atoms with Crippen molar-refractivity contribution in [2.45, 2.75) is 11.8 Å². The van der Waals surface area contributed by atoms with Gasteiger partial charge in [0.05, 0.1) is 19.1 Å². The summed E-state index contributed by atoms with van der Waals surface area (Å²) >= 11 is 1.15. The average Bonchev–Trinajstić information content (AvgIpc) is 3.20. The Bertz CT molecular complexity index is 978. The van der Waals surface area contributed by atoms with Crippen LogP contribution >= 0.6 is 11.8 Å². The van der Waals surface area contributed by atoms with Crippen LogP contribution in [0.5, 0.6) is 11.5 Å². The Labute approximate surface area is 171 Å². The first kappa shape index (κ1) is 20.2. The zero-order chi connectivity index (χ0) is 20.5. The number of phenolic OH excluding ortho intramolecular Hbond substituents is 1. The molecule has 0 spiro atoms. The van der Waals surface area contributed by atoms with Crippen molar-refractivity contribution in [2.75, 3.05) is 18.3 Å². The van der Waals surface area contributed by atoms with Crippen LogP contribution in [0.2, 0.25) is 0 Å². The molecule has 0 bridgehead atoms. The highest BCUT2D eigenvalue weighted by Crippen LogP contribution is 2.21. The van der Waals surface area contributed by atoms with Crippen molar-refractivity contribution >= 4 is 29.9 Å². The molecule has 0 fully saturated rings. The molecule has 10 heteroatoms. The normalized spacial score (nSPS) is 10.8. The van der Waals surface area contributed by atoms with E-state index < -0.39 is 0 Å². The molecule has 0 aliphatic rings. The molecule has 0 amide bonds. The molecular weight excluding hydrogens is 394 g/mol. The van der Waals surface area contributed by atoms with Gasteiger partial charge in [0, 0.05) is 5.56 Å². The third kappa shape index (κ3) is 6.25. The third-order valence-electron chi connectivity index (χ3n) is 3.64. The van der Waals surface area contributed by atoms with Crippen molar-refractivity contribution in [3.8, 4) is 11.5 Å². The van der Waals surface area contributed by atoms with E-state index in [9.17, 15) is 9.90 Å². The number of ether oxygens (including phenoxy) is 2. The van der Waals surface area contributed by atoms with E-state index in [4.69, 9.17) is 9.47 Å². The first-order valence-electron chi connectivity index (χ1n) is 8.55. The molecule has 2 aromatic carbocycles. The van der Waals surface area contributed by atoms with Crippen LogP contribution in [0.1, 0.15) is 11.1 Å². The van der Waals surface area contributed by atoms with Gasteiger partial charge in [-0.05, 0) is 23.8 Å². The quantitative estimate of drug-likeness (QED) is 0.212. The van der Waals surface area contributed by atoms with E-state index in [1.807, 2.05) is 30.3 Å². The number of carbonyl (C=O) groups excluding carboxylic acids is 1. The van der Waals surface area contributed by atoms with Crippen LogP contribution in [-0.4, -0.2) is 45.3 Å². The lowest BCUT2D eigenvalue weighted by molar-refractivity contribution is -0.141. The molecule has 3 aromatic rings. The fourth-order valence-corrected chi connectivity index (χ4v) is 2.79. The van der Waals surface area contributed by atoms with Gasteiger partial charge in [0.1, 0.15) is 18.1 Å². The van der Waals surface area contributed by atoms with Crippen LogP contribution < -0.4 is 10.2 Å². The number of H-pyrrole nitrogens is 1. The minimum Gasteiger partial charge on any atom is -0.507 e. The number of hydrogen-bond donors (Lipinski definition) is 3. The van der Waals surface area contributed by atoms with Gasteiger partial charge in [0.15, 0.2) is 0 Å². The highest BCUT2D eigenvalue weighted by Gasteiger charge is 2.09. The van der Waals surface area contributed by atoms with Gasteiger partial charge in [-0.1, -0.05) is 42.1 Å². The first-order valence-corrected chi connectivity index (χ1v) is 9.53. The number of methoxy groups -OCH3 is 1. The van der Waals surface area contributed by atoms with E-state index in [0.29, 0.717) is 22.4 Å². The summed E-state index contributed by atoms with van der Waals surface area (Å²) in [5.74, 6) is 0.694. The van der Waals surface area contributed by atoms with Gasteiger partial charge in [-0.2, -0.15) is 10.1 Å². The van der Waals surface area contributed by atoms with E-state index >= 15 is 0 Å². The molecule has 0 aliphatic carbocycles. The molecule has 9 nitrogen and oxygen atoms in total. The smallest absolute Gasteiger partial charge is 0.316 e. The van der Waals surface area contributed by atoms with Crippen LogP contribution in [0.25, 0.3) is 0 Å². The van der Waals surface area contributed by atoms with Crippen molar-refractivity contribution in [1.29, 1.82) is 0 Å². The lowest BCUT2D eigenvalue weighted by atomic mass is 10.2. The van der Waals surface area contributed by atoms with Crippen LogP contribution in [0.15, 0.2) is 58.8 Å². The molecule has 0 aliphatic heterocycles. The minimum atomic E-state index is -0.357. The Morgan fingerprint density at radius 3 is 2.93 bits per heavy atom. The second kappa shape index (κ2) is 10.1. The molecule has 1 aromatic heterocycles. The number of carbonyl (C=O) groups is 1. The number of nitrogens with one attached hydrogen (secondary N) is 2. The highest BCUT2D eigenvalue weighted by atomic mass is 32.2. The van der Waals surface area contributed by atoms with Crippen molar-refractivity contribution in [1.82, 2.24) is 15.2 Å². The number of benzene rings is 2. The number of esters is 1.